The number of aromatic nitrogens is 5. The first-order chi connectivity index (χ1) is 8.58. The second-order valence-electron chi connectivity index (χ2n) is 4.01. The van der Waals surface area contributed by atoms with Crippen LogP contribution in [0.3, 0.4) is 0 Å². The topological polar surface area (TPSA) is 72.0 Å². The summed E-state index contributed by atoms with van der Waals surface area (Å²) in [5, 5.41) is 14.1. The molecule has 1 aliphatic heterocycles. The minimum absolute atomic E-state index is 0.0323. The zero-order valence-electron chi connectivity index (χ0n) is 9.46. The molecule has 7 nitrogen and oxygen atoms in total. The number of hydrogen-bond acceptors (Lipinski definition) is 5. The summed E-state index contributed by atoms with van der Waals surface area (Å²) in [6, 6.07) is 0. The fourth-order valence-corrected chi connectivity index (χ4v) is 2.08. The lowest BCUT2D eigenvalue weighted by atomic mass is 10.4. The highest BCUT2D eigenvalue weighted by molar-refractivity contribution is 5.47. The van der Waals surface area contributed by atoms with E-state index in [0.717, 1.165) is 9.63 Å². The van der Waals surface area contributed by atoms with Crippen molar-refractivity contribution in [3.63, 3.8) is 0 Å². The molecule has 3 heterocycles. The minimum Gasteiger partial charge on any atom is -0.313 e. The van der Waals surface area contributed by atoms with E-state index in [0.29, 0.717) is 11.4 Å². The number of hydrogen-bond donors (Lipinski definition) is 1. The third-order valence-electron chi connectivity index (χ3n) is 2.86. The van der Waals surface area contributed by atoms with Crippen molar-refractivity contribution in [2.45, 2.75) is 19.6 Å². The Hall–Kier alpha value is -1.87. The van der Waals surface area contributed by atoms with Gasteiger partial charge in [-0.3, -0.25) is 4.57 Å². The fraction of sp³-hybridized carbons (Fsp3) is 0.444. The molecule has 0 saturated carbocycles. The zero-order valence-corrected chi connectivity index (χ0v) is 9.46. The Morgan fingerprint density at radius 2 is 2.11 bits per heavy atom. The van der Waals surface area contributed by atoms with Gasteiger partial charge in [-0.05, 0) is 0 Å². The van der Waals surface area contributed by atoms with E-state index in [2.05, 4.69) is 15.1 Å². The smallest absolute Gasteiger partial charge is 0.313 e. The van der Waals surface area contributed by atoms with Crippen LogP contribution in [0, 0.1) is 0 Å². The van der Waals surface area contributed by atoms with Crippen LogP contribution in [0.2, 0.25) is 0 Å². The zero-order chi connectivity index (χ0) is 12.9. The third-order valence-corrected chi connectivity index (χ3v) is 2.86. The molecule has 2 aromatic rings. The van der Waals surface area contributed by atoms with E-state index in [1.165, 1.54) is 11.0 Å². The van der Waals surface area contributed by atoms with E-state index in [1.807, 2.05) is 0 Å². The number of imidazole rings is 1. The van der Waals surface area contributed by atoms with Crippen LogP contribution in [0.25, 0.3) is 11.6 Å². The van der Waals surface area contributed by atoms with Crippen molar-refractivity contribution in [1.82, 2.24) is 29.4 Å². The Labute approximate surface area is 100 Å². The average Bonchev–Trinajstić information content (AvgIpc) is 2.90. The number of hydroxylamine groups is 2. The van der Waals surface area contributed by atoms with Crippen molar-refractivity contribution in [2.75, 3.05) is 0 Å². The van der Waals surface area contributed by atoms with Crippen LogP contribution in [0.5, 0.6) is 0 Å². The molecule has 0 aromatic carbocycles. The molecule has 0 amide bonds. The highest BCUT2D eigenvalue weighted by Gasteiger charge is 2.31. The number of halogens is 2. The first-order valence-electron chi connectivity index (χ1n) is 5.24. The van der Waals surface area contributed by atoms with Crippen LogP contribution in [-0.4, -0.2) is 34.6 Å². The van der Waals surface area contributed by atoms with Crippen LogP contribution in [0.1, 0.15) is 17.9 Å². The molecule has 3 rings (SSSR count). The molecule has 1 N–H and O–H groups in total. The number of rotatable bonds is 2. The average molecular weight is 256 g/mol. The largest absolute Gasteiger partial charge is 0.320 e. The van der Waals surface area contributed by atoms with Gasteiger partial charge in [0, 0.05) is 7.05 Å². The van der Waals surface area contributed by atoms with Crippen molar-refractivity contribution in [2.24, 2.45) is 7.05 Å². The molecule has 0 atom stereocenters. The monoisotopic (exact) mass is 256 g/mol. The molecule has 18 heavy (non-hydrogen) atoms. The standard InChI is InChI=1S/C9H10F2N6O/c1-15-7(12-4-13-15)8-14-5-2-16(18)3-6(5)17(8)9(10)11/h4,9,18H,2-3H2,1H3. The van der Waals surface area contributed by atoms with Crippen molar-refractivity contribution in [3.05, 3.63) is 17.7 Å². The summed E-state index contributed by atoms with van der Waals surface area (Å²) in [5.74, 6) is 0.345. The summed E-state index contributed by atoms with van der Waals surface area (Å²) in [6.45, 7) is -2.57. The van der Waals surface area contributed by atoms with Crippen LogP contribution < -0.4 is 0 Å². The number of alkyl halides is 2. The molecule has 0 bridgehead atoms. The van der Waals surface area contributed by atoms with Crippen LogP contribution in [-0.2, 0) is 20.1 Å². The number of aryl methyl sites for hydroxylation is 1. The lowest BCUT2D eigenvalue weighted by Crippen LogP contribution is -2.14. The van der Waals surface area contributed by atoms with Gasteiger partial charge in [-0.2, -0.15) is 18.9 Å². The number of nitrogens with zero attached hydrogens (tertiary/aromatic N) is 6. The predicted molar refractivity (Wildman–Crippen MR) is 54.5 cm³/mol. The van der Waals surface area contributed by atoms with Crippen LogP contribution in [0.4, 0.5) is 8.78 Å². The Balaban J connectivity index is 2.17. The highest BCUT2D eigenvalue weighted by atomic mass is 19.3. The summed E-state index contributed by atoms with van der Waals surface area (Å²) < 4.78 is 28.4. The molecule has 1 aliphatic rings. The van der Waals surface area contributed by atoms with Gasteiger partial charge in [-0.15, -0.1) is 0 Å². The molecular formula is C9H10F2N6O. The van der Waals surface area contributed by atoms with Crippen molar-refractivity contribution < 1.29 is 14.0 Å². The molecule has 0 fully saturated rings. The quantitative estimate of drug-likeness (QED) is 0.859. The Morgan fingerprint density at radius 3 is 2.72 bits per heavy atom. The van der Waals surface area contributed by atoms with Gasteiger partial charge in [-0.1, -0.05) is 0 Å². The maximum Gasteiger partial charge on any atom is 0.320 e. The van der Waals surface area contributed by atoms with Crippen molar-refractivity contribution in [3.8, 4) is 11.6 Å². The van der Waals surface area contributed by atoms with E-state index in [-0.39, 0.29) is 24.7 Å². The van der Waals surface area contributed by atoms with Gasteiger partial charge in [-0.25, -0.2) is 14.6 Å². The Kier molecular flexibility index (Phi) is 2.38. The molecule has 2 aromatic heterocycles. The summed E-state index contributed by atoms with van der Waals surface area (Å²) in [6.07, 6.45) is 1.28. The SMILES string of the molecule is Cn1ncnc1-c1nc2c(n1C(F)F)CN(O)C2. The van der Waals surface area contributed by atoms with Crippen molar-refractivity contribution >= 4 is 0 Å². The lowest BCUT2D eigenvalue weighted by Gasteiger charge is -2.10. The molecule has 0 radical (unpaired) electrons. The number of fused-ring (bicyclic) bond motifs is 1. The molecule has 0 spiro atoms. The normalized spacial score (nSPS) is 15.6. The van der Waals surface area contributed by atoms with E-state index >= 15 is 0 Å². The third kappa shape index (κ3) is 1.51. The second kappa shape index (κ2) is 3.82. The van der Waals surface area contributed by atoms with Gasteiger partial charge in [0.1, 0.15) is 6.33 Å². The second-order valence-corrected chi connectivity index (χ2v) is 4.01. The fourth-order valence-electron chi connectivity index (χ4n) is 2.08. The van der Waals surface area contributed by atoms with E-state index in [1.54, 1.807) is 7.05 Å². The van der Waals surface area contributed by atoms with Gasteiger partial charge < -0.3 is 5.21 Å². The van der Waals surface area contributed by atoms with Crippen LogP contribution >= 0.6 is 0 Å². The Morgan fingerprint density at radius 1 is 1.33 bits per heavy atom. The predicted octanol–water partition coefficient (Wildman–Crippen LogP) is 0.778. The summed E-state index contributed by atoms with van der Waals surface area (Å²) >= 11 is 0. The molecule has 0 aliphatic carbocycles. The Bertz CT molecular complexity index is 592. The highest BCUT2D eigenvalue weighted by Crippen LogP contribution is 2.31. The van der Waals surface area contributed by atoms with Gasteiger partial charge in [0.05, 0.1) is 24.5 Å². The van der Waals surface area contributed by atoms with Gasteiger partial charge in [0.25, 0.3) is 0 Å². The maximum absolute atomic E-state index is 13.1. The minimum atomic E-state index is -2.74. The summed E-state index contributed by atoms with van der Waals surface area (Å²) in [5.41, 5.74) is 0.751. The van der Waals surface area contributed by atoms with E-state index < -0.39 is 6.55 Å². The molecule has 0 unspecified atom stereocenters. The molecule has 9 heteroatoms. The van der Waals surface area contributed by atoms with Gasteiger partial charge >= 0.3 is 6.55 Å². The first kappa shape index (κ1) is 11.2. The molecular weight excluding hydrogens is 246 g/mol. The van der Waals surface area contributed by atoms with Crippen LogP contribution in [0.15, 0.2) is 6.33 Å². The molecule has 0 saturated heterocycles. The summed E-state index contributed by atoms with van der Waals surface area (Å²) in [4.78, 5) is 8.04. The maximum atomic E-state index is 13.1. The van der Waals surface area contributed by atoms with E-state index in [9.17, 15) is 14.0 Å². The van der Waals surface area contributed by atoms with Crippen molar-refractivity contribution in [1.29, 1.82) is 0 Å². The summed E-state index contributed by atoms with van der Waals surface area (Å²) in [7, 11) is 1.61. The molecule has 96 valence electrons. The van der Waals surface area contributed by atoms with Gasteiger partial charge in [0.2, 0.25) is 0 Å². The lowest BCUT2D eigenvalue weighted by molar-refractivity contribution is -0.0995. The van der Waals surface area contributed by atoms with E-state index in [4.69, 9.17) is 0 Å². The first-order valence-corrected chi connectivity index (χ1v) is 5.24. The van der Waals surface area contributed by atoms with Gasteiger partial charge in [0.15, 0.2) is 11.6 Å².